The van der Waals surface area contributed by atoms with Crippen LogP contribution < -0.4 is 5.56 Å². The molecule has 1 saturated heterocycles. The number of nitriles is 1. The van der Waals surface area contributed by atoms with E-state index in [1.165, 1.54) is 19.1 Å². The molecule has 1 aromatic carbocycles. The van der Waals surface area contributed by atoms with Gasteiger partial charge in [0.1, 0.15) is 16.7 Å². The molecule has 30 heavy (non-hydrogen) atoms. The Hall–Kier alpha value is -3.23. The smallest absolute Gasteiger partial charge is 0.290 e. The van der Waals surface area contributed by atoms with Gasteiger partial charge in [-0.25, -0.2) is 8.42 Å². The summed E-state index contributed by atoms with van der Waals surface area (Å²) in [6.07, 6.45) is 1.29. The van der Waals surface area contributed by atoms with Crippen LogP contribution in [0.5, 0.6) is 5.88 Å². The Morgan fingerprint density at radius 1 is 1.47 bits per heavy atom. The zero-order valence-electron chi connectivity index (χ0n) is 15.6. The van der Waals surface area contributed by atoms with Gasteiger partial charge in [0.05, 0.1) is 33.7 Å². The minimum absolute atomic E-state index is 0.0352. The van der Waals surface area contributed by atoms with Crippen LogP contribution in [0.3, 0.4) is 0 Å². The van der Waals surface area contributed by atoms with E-state index in [4.69, 9.17) is 11.6 Å². The first-order valence-corrected chi connectivity index (χ1v) is 10.8. The molecular weight excluding hydrogens is 436 g/mol. The maximum atomic E-state index is 12.7. The summed E-state index contributed by atoms with van der Waals surface area (Å²) in [5.74, 6) is -0.975. The van der Waals surface area contributed by atoms with Crippen LogP contribution in [0.25, 0.3) is 0 Å². The quantitative estimate of drug-likeness (QED) is 0.425. The molecule has 12 heteroatoms. The predicted octanol–water partition coefficient (Wildman–Crippen LogP) is 2.41. The van der Waals surface area contributed by atoms with Gasteiger partial charge in [-0.15, -0.1) is 0 Å². The summed E-state index contributed by atoms with van der Waals surface area (Å²) in [7, 11) is -3.36. The average molecular weight is 451 g/mol. The highest BCUT2D eigenvalue weighted by atomic mass is 35.5. The molecule has 156 valence electrons. The number of nitrogens with zero attached hydrogens (tertiary/aromatic N) is 4. The zero-order chi connectivity index (χ0) is 22.2. The molecule has 0 radical (unpaired) electrons. The van der Waals surface area contributed by atoms with Crippen molar-refractivity contribution in [1.29, 1.82) is 5.26 Å². The van der Waals surface area contributed by atoms with Crippen LogP contribution in [0.15, 0.2) is 28.0 Å². The number of pyridine rings is 1. The predicted molar refractivity (Wildman–Crippen MR) is 109 cm³/mol. The third kappa shape index (κ3) is 3.92. The van der Waals surface area contributed by atoms with Crippen molar-refractivity contribution in [3.63, 3.8) is 0 Å². The van der Waals surface area contributed by atoms with E-state index in [2.05, 4.69) is 4.99 Å². The molecule has 1 atom stereocenters. The SMILES string of the molecule is Cc1c(C=Nc2ccc(Cl)c([N+](=O)[O-])c2)c(O)n(C2CCS(=O)(=O)C2)c(=O)c1C#N. The monoisotopic (exact) mass is 450 g/mol. The van der Waals surface area contributed by atoms with Gasteiger partial charge in [0.2, 0.25) is 5.88 Å². The highest BCUT2D eigenvalue weighted by molar-refractivity contribution is 7.91. The van der Waals surface area contributed by atoms with E-state index in [9.17, 15) is 33.7 Å². The maximum Gasteiger partial charge on any atom is 0.290 e. The molecule has 1 aromatic heterocycles. The van der Waals surface area contributed by atoms with Crippen molar-refractivity contribution >= 4 is 39.0 Å². The number of halogens is 1. The Kier molecular flexibility index (Phi) is 5.65. The fourth-order valence-corrected chi connectivity index (χ4v) is 5.16. The van der Waals surface area contributed by atoms with E-state index in [-0.39, 0.29) is 51.0 Å². The lowest BCUT2D eigenvalue weighted by Gasteiger charge is -2.18. The number of hydrogen-bond acceptors (Lipinski definition) is 8. The molecule has 2 heterocycles. The molecule has 0 spiro atoms. The fourth-order valence-electron chi connectivity index (χ4n) is 3.27. The molecule has 1 fully saturated rings. The average Bonchev–Trinajstić information content (AvgIpc) is 3.02. The van der Waals surface area contributed by atoms with Crippen molar-refractivity contribution in [3.05, 3.63) is 60.4 Å². The molecule has 1 aliphatic heterocycles. The van der Waals surface area contributed by atoms with E-state index in [1.807, 2.05) is 0 Å². The van der Waals surface area contributed by atoms with E-state index in [1.54, 1.807) is 6.07 Å². The van der Waals surface area contributed by atoms with Crippen molar-refractivity contribution in [2.24, 2.45) is 4.99 Å². The van der Waals surface area contributed by atoms with Crippen molar-refractivity contribution in [1.82, 2.24) is 4.57 Å². The summed E-state index contributed by atoms with van der Waals surface area (Å²) >= 11 is 5.78. The highest BCUT2D eigenvalue weighted by Gasteiger charge is 2.33. The van der Waals surface area contributed by atoms with Crippen molar-refractivity contribution in [2.75, 3.05) is 11.5 Å². The van der Waals surface area contributed by atoms with Crippen LogP contribution >= 0.6 is 11.6 Å². The van der Waals surface area contributed by atoms with Crippen LogP contribution in [0.2, 0.25) is 5.02 Å². The second kappa shape index (κ2) is 7.89. The zero-order valence-corrected chi connectivity index (χ0v) is 17.1. The first-order chi connectivity index (χ1) is 14.1. The van der Waals surface area contributed by atoms with Crippen molar-refractivity contribution in [3.8, 4) is 11.9 Å². The van der Waals surface area contributed by atoms with Gasteiger partial charge in [-0.1, -0.05) is 11.6 Å². The molecule has 0 saturated carbocycles. The molecule has 0 amide bonds. The van der Waals surface area contributed by atoms with Gasteiger partial charge in [0, 0.05) is 12.3 Å². The minimum atomic E-state index is -3.36. The Bertz CT molecular complexity index is 1290. The number of aromatic hydroxyl groups is 1. The first kappa shape index (κ1) is 21.5. The molecule has 0 aliphatic carbocycles. The van der Waals surface area contributed by atoms with Gasteiger partial charge in [0.15, 0.2) is 9.84 Å². The lowest BCUT2D eigenvalue weighted by atomic mass is 10.0. The molecule has 1 N–H and O–H groups in total. The fraction of sp³-hybridized carbons (Fsp3) is 0.278. The summed E-state index contributed by atoms with van der Waals surface area (Å²) in [5.41, 5.74) is -1.04. The molecule has 0 bridgehead atoms. The molecule has 10 nitrogen and oxygen atoms in total. The van der Waals surface area contributed by atoms with Gasteiger partial charge in [-0.3, -0.25) is 24.5 Å². The van der Waals surface area contributed by atoms with Gasteiger partial charge in [-0.05, 0) is 31.0 Å². The van der Waals surface area contributed by atoms with Crippen LogP contribution in [-0.4, -0.2) is 40.7 Å². The van der Waals surface area contributed by atoms with Crippen molar-refractivity contribution in [2.45, 2.75) is 19.4 Å². The Morgan fingerprint density at radius 3 is 2.73 bits per heavy atom. The number of sulfone groups is 1. The summed E-state index contributed by atoms with van der Waals surface area (Å²) in [5, 5.41) is 31.1. The lowest BCUT2D eigenvalue weighted by Crippen LogP contribution is -2.29. The maximum absolute atomic E-state index is 12.7. The number of aromatic nitrogens is 1. The summed E-state index contributed by atoms with van der Waals surface area (Å²) < 4.78 is 24.5. The van der Waals surface area contributed by atoms with E-state index in [0.29, 0.717) is 0 Å². The summed E-state index contributed by atoms with van der Waals surface area (Å²) in [6.45, 7) is 1.45. The van der Waals surface area contributed by atoms with Crippen LogP contribution in [-0.2, 0) is 9.84 Å². The third-order valence-electron chi connectivity index (χ3n) is 4.84. The first-order valence-electron chi connectivity index (χ1n) is 8.62. The summed E-state index contributed by atoms with van der Waals surface area (Å²) in [6, 6.07) is 4.83. The van der Waals surface area contributed by atoms with Crippen LogP contribution in [0, 0.1) is 28.4 Å². The van der Waals surface area contributed by atoms with Gasteiger partial charge < -0.3 is 5.11 Å². The standard InChI is InChI=1S/C18H15ClN4O6S/c1-10-13(7-20)17(24)22(12-4-5-30(28,29)9-12)18(25)14(10)8-21-11-2-3-15(19)16(6-11)23(26)27/h2-3,6,8,12,25H,4-5,9H2,1H3. The summed E-state index contributed by atoms with van der Waals surface area (Å²) in [4.78, 5) is 27.1. The molecular formula is C18H15ClN4O6S. The van der Waals surface area contributed by atoms with Crippen LogP contribution in [0.1, 0.15) is 29.2 Å². The number of nitro groups is 1. The Labute approximate surface area is 175 Å². The molecule has 1 aliphatic rings. The number of benzene rings is 1. The van der Waals surface area contributed by atoms with E-state index in [0.717, 1.165) is 16.8 Å². The third-order valence-corrected chi connectivity index (χ3v) is 6.91. The van der Waals surface area contributed by atoms with Crippen LogP contribution in [0.4, 0.5) is 11.4 Å². The number of aliphatic imine (C=N–C) groups is 1. The number of rotatable bonds is 4. The second-order valence-corrected chi connectivity index (χ2v) is 9.37. The number of nitro benzene ring substituents is 1. The molecule has 3 rings (SSSR count). The highest BCUT2D eigenvalue weighted by Crippen LogP contribution is 2.31. The largest absolute Gasteiger partial charge is 0.494 e. The Balaban J connectivity index is 2.14. The van der Waals surface area contributed by atoms with E-state index < -0.39 is 32.2 Å². The van der Waals surface area contributed by atoms with Gasteiger partial charge in [0.25, 0.3) is 11.2 Å². The lowest BCUT2D eigenvalue weighted by molar-refractivity contribution is -0.384. The topological polar surface area (TPSA) is 156 Å². The van der Waals surface area contributed by atoms with E-state index >= 15 is 0 Å². The second-order valence-electron chi connectivity index (χ2n) is 6.73. The number of hydrogen-bond donors (Lipinski definition) is 1. The van der Waals surface area contributed by atoms with Crippen molar-refractivity contribution < 1.29 is 18.4 Å². The Morgan fingerprint density at radius 2 is 2.17 bits per heavy atom. The van der Waals surface area contributed by atoms with Gasteiger partial charge >= 0.3 is 0 Å². The minimum Gasteiger partial charge on any atom is -0.494 e. The normalized spacial score (nSPS) is 17.8. The molecule has 1 unspecified atom stereocenters. The molecule has 2 aromatic rings. The van der Waals surface area contributed by atoms with Gasteiger partial charge in [-0.2, -0.15) is 5.26 Å².